The molecule has 2 amide bonds. The number of hydrogen-bond acceptors (Lipinski definition) is 2. The quantitative estimate of drug-likeness (QED) is 0.687. The fraction of sp³-hybridized carbons (Fsp3) is 0.286. The minimum absolute atomic E-state index is 0.142. The fourth-order valence-corrected chi connectivity index (χ4v) is 1.33. The molecule has 0 atom stereocenters. The molecule has 1 aromatic heterocycles. The SMILES string of the molecule is CNC(=O)NCc1ccsc1. The van der Waals surface area contributed by atoms with E-state index in [0.717, 1.165) is 5.56 Å². The zero-order valence-corrected chi connectivity index (χ0v) is 7.07. The van der Waals surface area contributed by atoms with Crippen LogP contribution in [0.15, 0.2) is 16.8 Å². The van der Waals surface area contributed by atoms with Crippen molar-refractivity contribution in [1.29, 1.82) is 0 Å². The first-order valence-corrected chi connectivity index (χ1v) is 4.24. The van der Waals surface area contributed by atoms with Gasteiger partial charge < -0.3 is 10.6 Å². The van der Waals surface area contributed by atoms with Gasteiger partial charge in [0, 0.05) is 13.6 Å². The van der Waals surface area contributed by atoms with Crippen molar-refractivity contribution in [3.05, 3.63) is 22.4 Å². The lowest BCUT2D eigenvalue weighted by Crippen LogP contribution is -2.31. The molecule has 1 aromatic rings. The molecule has 0 saturated heterocycles. The molecule has 4 heteroatoms. The Morgan fingerprint density at radius 1 is 1.73 bits per heavy atom. The molecular formula is C7H10N2OS. The third-order valence-corrected chi connectivity index (χ3v) is 1.99. The van der Waals surface area contributed by atoms with Gasteiger partial charge in [-0.2, -0.15) is 11.3 Å². The maximum Gasteiger partial charge on any atom is 0.314 e. The van der Waals surface area contributed by atoms with Gasteiger partial charge in [-0.05, 0) is 22.4 Å². The molecular weight excluding hydrogens is 160 g/mol. The predicted octanol–water partition coefficient (Wildman–Crippen LogP) is 1.18. The van der Waals surface area contributed by atoms with E-state index in [-0.39, 0.29) is 6.03 Å². The van der Waals surface area contributed by atoms with Crippen LogP contribution in [0.3, 0.4) is 0 Å². The summed E-state index contributed by atoms with van der Waals surface area (Å²) in [6.45, 7) is 0.600. The van der Waals surface area contributed by atoms with Gasteiger partial charge in [0.15, 0.2) is 0 Å². The summed E-state index contributed by atoms with van der Waals surface area (Å²) in [6, 6.07) is 1.84. The van der Waals surface area contributed by atoms with Gasteiger partial charge in [-0.15, -0.1) is 0 Å². The van der Waals surface area contributed by atoms with Gasteiger partial charge in [-0.3, -0.25) is 0 Å². The van der Waals surface area contributed by atoms with Crippen LogP contribution in [0.25, 0.3) is 0 Å². The molecule has 1 heterocycles. The van der Waals surface area contributed by atoms with Gasteiger partial charge in [0.2, 0.25) is 0 Å². The zero-order valence-electron chi connectivity index (χ0n) is 6.26. The summed E-state index contributed by atoms with van der Waals surface area (Å²) >= 11 is 1.63. The number of thiophene rings is 1. The summed E-state index contributed by atoms with van der Waals surface area (Å²) < 4.78 is 0. The van der Waals surface area contributed by atoms with Gasteiger partial charge >= 0.3 is 6.03 Å². The highest BCUT2D eigenvalue weighted by Crippen LogP contribution is 2.04. The van der Waals surface area contributed by atoms with E-state index in [1.807, 2.05) is 16.8 Å². The highest BCUT2D eigenvalue weighted by Gasteiger charge is 1.95. The van der Waals surface area contributed by atoms with Crippen LogP contribution in [0, 0.1) is 0 Å². The van der Waals surface area contributed by atoms with Crippen molar-refractivity contribution < 1.29 is 4.79 Å². The molecule has 0 aliphatic carbocycles. The smallest absolute Gasteiger partial charge is 0.314 e. The molecule has 0 fully saturated rings. The maximum absolute atomic E-state index is 10.7. The van der Waals surface area contributed by atoms with Crippen LogP contribution in [0.5, 0.6) is 0 Å². The van der Waals surface area contributed by atoms with E-state index in [9.17, 15) is 4.79 Å². The molecule has 0 aliphatic rings. The number of carbonyl (C=O) groups is 1. The molecule has 0 bridgehead atoms. The van der Waals surface area contributed by atoms with Crippen molar-refractivity contribution in [3.8, 4) is 0 Å². The van der Waals surface area contributed by atoms with E-state index in [2.05, 4.69) is 10.6 Å². The van der Waals surface area contributed by atoms with Crippen LogP contribution in [0.2, 0.25) is 0 Å². The highest BCUT2D eigenvalue weighted by atomic mass is 32.1. The number of amides is 2. The fourth-order valence-electron chi connectivity index (χ4n) is 0.664. The Bertz CT molecular complexity index is 220. The predicted molar refractivity (Wildman–Crippen MR) is 45.6 cm³/mol. The summed E-state index contributed by atoms with van der Waals surface area (Å²) in [5, 5.41) is 9.17. The molecule has 0 saturated carbocycles. The maximum atomic E-state index is 10.7. The lowest BCUT2D eigenvalue weighted by molar-refractivity contribution is 0.242. The Labute approximate surface area is 69.4 Å². The zero-order chi connectivity index (χ0) is 8.10. The summed E-state index contributed by atoms with van der Waals surface area (Å²) in [4.78, 5) is 10.7. The van der Waals surface area contributed by atoms with Crippen LogP contribution in [-0.2, 0) is 6.54 Å². The molecule has 3 nitrogen and oxygen atoms in total. The van der Waals surface area contributed by atoms with Gasteiger partial charge in [0.05, 0.1) is 0 Å². The van der Waals surface area contributed by atoms with E-state index in [0.29, 0.717) is 6.54 Å². The first kappa shape index (κ1) is 8.07. The summed E-state index contributed by atoms with van der Waals surface area (Å²) in [7, 11) is 1.60. The molecule has 0 unspecified atom stereocenters. The van der Waals surface area contributed by atoms with Crippen LogP contribution in [-0.4, -0.2) is 13.1 Å². The Hall–Kier alpha value is -1.03. The van der Waals surface area contributed by atoms with E-state index in [1.165, 1.54) is 0 Å². The van der Waals surface area contributed by atoms with Crippen molar-refractivity contribution >= 4 is 17.4 Å². The van der Waals surface area contributed by atoms with Crippen molar-refractivity contribution in [1.82, 2.24) is 10.6 Å². The third kappa shape index (κ3) is 2.59. The largest absolute Gasteiger partial charge is 0.341 e. The van der Waals surface area contributed by atoms with Crippen LogP contribution in [0.4, 0.5) is 4.79 Å². The standard InChI is InChI=1S/C7H10N2OS/c1-8-7(10)9-4-6-2-3-11-5-6/h2-3,5H,4H2,1H3,(H2,8,9,10). The Kier molecular flexibility index (Phi) is 2.92. The number of urea groups is 1. The molecule has 0 aliphatic heterocycles. The number of hydrogen-bond donors (Lipinski definition) is 2. The van der Waals surface area contributed by atoms with Crippen molar-refractivity contribution in [2.75, 3.05) is 7.05 Å². The average Bonchev–Trinajstić information content (AvgIpc) is 2.52. The molecule has 1 rings (SSSR count). The Balaban J connectivity index is 2.29. The van der Waals surface area contributed by atoms with Crippen LogP contribution < -0.4 is 10.6 Å². The molecule has 60 valence electrons. The normalized spacial score (nSPS) is 9.18. The van der Waals surface area contributed by atoms with E-state index < -0.39 is 0 Å². The van der Waals surface area contributed by atoms with Crippen LogP contribution in [0.1, 0.15) is 5.56 Å². The lowest BCUT2D eigenvalue weighted by Gasteiger charge is -2.00. The molecule has 2 N–H and O–H groups in total. The van der Waals surface area contributed by atoms with E-state index in [4.69, 9.17) is 0 Å². The molecule has 11 heavy (non-hydrogen) atoms. The minimum Gasteiger partial charge on any atom is -0.341 e. The second kappa shape index (κ2) is 3.98. The second-order valence-electron chi connectivity index (χ2n) is 2.06. The van der Waals surface area contributed by atoms with Crippen LogP contribution >= 0.6 is 11.3 Å². The summed E-state index contributed by atoms with van der Waals surface area (Å²) in [5.41, 5.74) is 1.14. The molecule has 0 aromatic carbocycles. The third-order valence-electron chi connectivity index (χ3n) is 1.26. The average molecular weight is 170 g/mol. The van der Waals surface area contributed by atoms with Crippen molar-refractivity contribution in [2.45, 2.75) is 6.54 Å². The minimum atomic E-state index is -0.142. The van der Waals surface area contributed by atoms with Gasteiger partial charge in [0.1, 0.15) is 0 Å². The molecule has 0 spiro atoms. The molecule has 0 radical (unpaired) electrons. The second-order valence-corrected chi connectivity index (χ2v) is 2.84. The Morgan fingerprint density at radius 2 is 2.55 bits per heavy atom. The highest BCUT2D eigenvalue weighted by molar-refractivity contribution is 7.07. The number of rotatable bonds is 2. The van der Waals surface area contributed by atoms with E-state index >= 15 is 0 Å². The Morgan fingerprint density at radius 3 is 3.09 bits per heavy atom. The summed E-state index contributed by atoms with van der Waals surface area (Å²) in [6.07, 6.45) is 0. The van der Waals surface area contributed by atoms with E-state index in [1.54, 1.807) is 18.4 Å². The summed E-state index contributed by atoms with van der Waals surface area (Å²) in [5.74, 6) is 0. The monoisotopic (exact) mass is 170 g/mol. The first-order chi connectivity index (χ1) is 5.33. The van der Waals surface area contributed by atoms with Gasteiger partial charge in [-0.25, -0.2) is 4.79 Å². The van der Waals surface area contributed by atoms with Gasteiger partial charge in [-0.1, -0.05) is 0 Å². The number of nitrogens with one attached hydrogen (secondary N) is 2. The van der Waals surface area contributed by atoms with Crippen molar-refractivity contribution in [3.63, 3.8) is 0 Å². The van der Waals surface area contributed by atoms with Gasteiger partial charge in [0.25, 0.3) is 0 Å². The number of carbonyl (C=O) groups excluding carboxylic acids is 1. The van der Waals surface area contributed by atoms with Crippen molar-refractivity contribution in [2.24, 2.45) is 0 Å². The lowest BCUT2D eigenvalue weighted by atomic mass is 10.3. The topological polar surface area (TPSA) is 41.1 Å². The first-order valence-electron chi connectivity index (χ1n) is 3.29.